The average molecular weight is 460 g/mol. The van der Waals surface area contributed by atoms with Crippen LogP contribution in [0.25, 0.3) is 0 Å². The molecule has 0 heterocycles. The van der Waals surface area contributed by atoms with Crippen molar-refractivity contribution in [1.29, 1.82) is 0 Å². The molecule has 0 unspecified atom stereocenters. The normalized spacial score (nSPS) is 30.2. The van der Waals surface area contributed by atoms with Crippen LogP contribution in [0.5, 0.6) is 0 Å². The van der Waals surface area contributed by atoms with Gasteiger partial charge in [0.15, 0.2) is 0 Å². The Bertz CT molecular complexity index is 915. The Morgan fingerprint density at radius 2 is 1.55 bits per heavy atom. The van der Waals surface area contributed by atoms with E-state index in [2.05, 4.69) is 15.6 Å². The van der Waals surface area contributed by atoms with E-state index in [-0.39, 0.29) is 26.3 Å². The molecule has 0 saturated heterocycles. The van der Waals surface area contributed by atoms with Gasteiger partial charge in [0.2, 0.25) is 15.9 Å². The van der Waals surface area contributed by atoms with Crippen molar-refractivity contribution in [3.8, 4) is 0 Å². The molecule has 158 valence electrons. The lowest BCUT2D eigenvalue weighted by Gasteiger charge is -2.55. The second-order valence-corrected chi connectivity index (χ2v) is 11.2. The van der Waals surface area contributed by atoms with Crippen molar-refractivity contribution in [2.24, 2.45) is 23.2 Å². The van der Waals surface area contributed by atoms with Gasteiger partial charge in [-0.05, 0) is 74.5 Å². The van der Waals surface area contributed by atoms with Gasteiger partial charge in [-0.3, -0.25) is 20.4 Å². The predicted octanol–water partition coefficient (Wildman–Crippen LogP) is 2.64. The summed E-state index contributed by atoms with van der Waals surface area (Å²) in [6.45, 7) is -0.510. The molecule has 5 rings (SSSR count). The molecule has 4 saturated carbocycles. The van der Waals surface area contributed by atoms with Gasteiger partial charge in [0.05, 0.1) is 26.9 Å². The van der Waals surface area contributed by atoms with Crippen molar-refractivity contribution in [1.82, 2.24) is 15.6 Å². The summed E-state index contributed by atoms with van der Waals surface area (Å²) in [6.07, 6.45) is 6.29. The Labute approximate surface area is 179 Å². The number of hydrazine groups is 1. The van der Waals surface area contributed by atoms with Gasteiger partial charge in [-0.15, -0.1) is 0 Å². The van der Waals surface area contributed by atoms with Gasteiger partial charge in [-0.1, -0.05) is 23.2 Å². The number of sulfonamides is 1. The standard InChI is InChI=1S/C19H23Cl2N3O4S/c20-15-2-1-14(6-16(15)21)29(27,28)22-10-17(25)23-24-18(26)19-7-11-3-12(8-19)5-13(4-11)9-19/h1-2,6,11-13,22H,3-5,7-10H2,(H,23,25)(H,24,26). The van der Waals surface area contributed by atoms with Crippen molar-refractivity contribution in [3.63, 3.8) is 0 Å². The van der Waals surface area contributed by atoms with Crippen LogP contribution in [0, 0.1) is 23.2 Å². The number of benzene rings is 1. The second-order valence-electron chi connectivity index (χ2n) is 8.60. The third kappa shape index (κ3) is 4.26. The van der Waals surface area contributed by atoms with E-state index in [1.54, 1.807) is 0 Å². The Kier molecular flexibility index (Phi) is 5.57. The zero-order chi connectivity index (χ0) is 20.8. The lowest BCUT2D eigenvalue weighted by atomic mass is 9.49. The molecule has 0 aromatic heterocycles. The first kappa shape index (κ1) is 20.9. The summed E-state index contributed by atoms with van der Waals surface area (Å²) >= 11 is 11.6. The molecule has 4 aliphatic carbocycles. The van der Waals surface area contributed by atoms with Gasteiger partial charge in [0.1, 0.15) is 0 Å². The SMILES string of the molecule is O=C(CNS(=O)(=O)c1ccc(Cl)c(Cl)c1)NNC(=O)C12CC3CC(CC(C3)C1)C2. The number of carbonyl (C=O) groups is 2. The largest absolute Gasteiger partial charge is 0.273 e. The van der Waals surface area contributed by atoms with Gasteiger partial charge >= 0.3 is 0 Å². The summed E-state index contributed by atoms with van der Waals surface area (Å²) in [5, 5.41) is 0.331. The number of hydrogen-bond donors (Lipinski definition) is 3. The van der Waals surface area contributed by atoms with Crippen LogP contribution in [0.15, 0.2) is 23.1 Å². The van der Waals surface area contributed by atoms with Gasteiger partial charge in [-0.25, -0.2) is 13.1 Å². The Hall–Kier alpha value is -1.35. The van der Waals surface area contributed by atoms with E-state index in [4.69, 9.17) is 23.2 Å². The maximum Gasteiger partial charge on any atom is 0.253 e. The van der Waals surface area contributed by atoms with Gasteiger partial charge in [0.25, 0.3) is 5.91 Å². The van der Waals surface area contributed by atoms with E-state index < -0.39 is 22.5 Å². The van der Waals surface area contributed by atoms with Crippen LogP contribution in [-0.4, -0.2) is 26.8 Å². The molecule has 4 fully saturated rings. The number of hydrogen-bond acceptors (Lipinski definition) is 4. The summed E-state index contributed by atoms with van der Waals surface area (Å²) in [6, 6.07) is 3.87. The molecule has 0 aliphatic heterocycles. The molecule has 1 aromatic carbocycles. The number of carbonyl (C=O) groups excluding carboxylic acids is 2. The van der Waals surface area contributed by atoms with Crippen molar-refractivity contribution < 1.29 is 18.0 Å². The van der Waals surface area contributed by atoms with E-state index in [9.17, 15) is 18.0 Å². The van der Waals surface area contributed by atoms with Crippen LogP contribution in [-0.2, 0) is 19.6 Å². The third-order valence-electron chi connectivity index (χ3n) is 6.46. The Morgan fingerprint density at radius 1 is 0.966 bits per heavy atom. The van der Waals surface area contributed by atoms with Crippen molar-refractivity contribution in [2.45, 2.75) is 43.4 Å². The quantitative estimate of drug-likeness (QED) is 0.588. The predicted molar refractivity (Wildman–Crippen MR) is 109 cm³/mol. The van der Waals surface area contributed by atoms with Crippen LogP contribution < -0.4 is 15.6 Å². The van der Waals surface area contributed by atoms with E-state index in [1.807, 2.05) is 0 Å². The van der Waals surface area contributed by atoms with Gasteiger partial charge < -0.3 is 0 Å². The van der Waals surface area contributed by atoms with Crippen LogP contribution in [0.1, 0.15) is 38.5 Å². The maximum absolute atomic E-state index is 12.8. The fourth-order valence-electron chi connectivity index (χ4n) is 5.58. The van der Waals surface area contributed by atoms with E-state index in [0.29, 0.717) is 17.8 Å². The monoisotopic (exact) mass is 459 g/mol. The van der Waals surface area contributed by atoms with Crippen LogP contribution in [0.4, 0.5) is 0 Å². The second kappa shape index (κ2) is 7.72. The first-order valence-electron chi connectivity index (χ1n) is 9.71. The van der Waals surface area contributed by atoms with Crippen molar-refractivity contribution in [3.05, 3.63) is 28.2 Å². The minimum atomic E-state index is -3.94. The summed E-state index contributed by atoms with van der Waals surface area (Å²) < 4.78 is 26.8. The lowest BCUT2D eigenvalue weighted by Crippen LogP contribution is -2.57. The summed E-state index contributed by atoms with van der Waals surface area (Å²) in [5.41, 5.74) is 4.47. The number of amides is 2. The highest BCUT2D eigenvalue weighted by Gasteiger charge is 2.54. The molecule has 3 N–H and O–H groups in total. The summed E-state index contributed by atoms with van der Waals surface area (Å²) in [7, 11) is -3.94. The number of halogens is 2. The molecule has 29 heavy (non-hydrogen) atoms. The lowest BCUT2D eigenvalue weighted by molar-refractivity contribution is -0.148. The topological polar surface area (TPSA) is 104 Å². The smallest absolute Gasteiger partial charge is 0.253 e. The van der Waals surface area contributed by atoms with Crippen LogP contribution >= 0.6 is 23.2 Å². The van der Waals surface area contributed by atoms with Gasteiger partial charge in [0, 0.05) is 0 Å². The molecular formula is C19H23Cl2N3O4S. The summed E-state index contributed by atoms with van der Waals surface area (Å²) in [5.74, 6) is 1.03. The van der Waals surface area contributed by atoms with E-state index in [1.165, 1.54) is 37.5 Å². The molecule has 1 aromatic rings. The number of nitrogens with one attached hydrogen (secondary N) is 3. The molecule has 4 aliphatic rings. The van der Waals surface area contributed by atoms with Crippen LogP contribution in [0.3, 0.4) is 0 Å². The Morgan fingerprint density at radius 3 is 2.10 bits per heavy atom. The zero-order valence-corrected chi connectivity index (χ0v) is 18.0. The molecule has 0 radical (unpaired) electrons. The first-order chi connectivity index (χ1) is 13.7. The zero-order valence-electron chi connectivity index (χ0n) is 15.7. The summed E-state index contributed by atoms with van der Waals surface area (Å²) in [4.78, 5) is 24.8. The minimum absolute atomic E-state index is 0.0989. The molecule has 4 bridgehead atoms. The highest BCUT2D eigenvalue weighted by molar-refractivity contribution is 7.89. The van der Waals surface area contributed by atoms with Crippen molar-refractivity contribution in [2.75, 3.05) is 6.54 Å². The molecule has 0 atom stereocenters. The molecular weight excluding hydrogens is 437 g/mol. The fourth-order valence-corrected chi connectivity index (χ4v) is 6.95. The highest BCUT2D eigenvalue weighted by atomic mass is 35.5. The van der Waals surface area contributed by atoms with E-state index in [0.717, 1.165) is 19.3 Å². The first-order valence-corrected chi connectivity index (χ1v) is 11.9. The molecule has 7 nitrogen and oxygen atoms in total. The fraction of sp³-hybridized carbons (Fsp3) is 0.579. The van der Waals surface area contributed by atoms with Crippen LogP contribution in [0.2, 0.25) is 10.0 Å². The van der Waals surface area contributed by atoms with Gasteiger partial charge in [-0.2, -0.15) is 0 Å². The highest BCUT2D eigenvalue weighted by Crippen LogP contribution is 2.60. The molecule has 0 spiro atoms. The van der Waals surface area contributed by atoms with E-state index >= 15 is 0 Å². The Balaban J connectivity index is 1.30. The maximum atomic E-state index is 12.8. The average Bonchev–Trinajstić information content (AvgIpc) is 2.65. The van der Waals surface area contributed by atoms with Crippen molar-refractivity contribution >= 4 is 45.0 Å². The molecule has 2 amide bonds. The third-order valence-corrected chi connectivity index (χ3v) is 8.60. The molecule has 10 heteroatoms. The number of rotatable bonds is 5. The minimum Gasteiger partial charge on any atom is -0.273 e.